The molecule has 0 saturated carbocycles. The summed E-state index contributed by atoms with van der Waals surface area (Å²) in [7, 11) is 0. The van der Waals surface area contributed by atoms with Crippen LogP contribution in [-0.2, 0) is 19.1 Å². The molecule has 0 N–H and O–H groups in total. The predicted molar refractivity (Wildman–Crippen MR) is 74.9 cm³/mol. The van der Waals surface area contributed by atoms with Crippen molar-refractivity contribution in [3.63, 3.8) is 0 Å². The third-order valence-electron chi connectivity index (χ3n) is 1.42. The first kappa shape index (κ1) is 16.9. The predicted octanol–water partition coefficient (Wildman–Crippen LogP) is 2.39. The summed E-state index contributed by atoms with van der Waals surface area (Å²) in [6.07, 6.45) is 0. The lowest BCUT2D eigenvalue weighted by atomic mass is 10.3. The van der Waals surface area contributed by atoms with Gasteiger partial charge in [-0.15, -0.1) is 0 Å². The van der Waals surface area contributed by atoms with Crippen LogP contribution in [0.15, 0.2) is 0 Å². The van der Waals surface area contributed by atoms with Gasteiger partial charge in [-0.05, 0) is 0 Å². The van der Waals surface area contributed by atoms with E-state index in [1.807, 2.05) is 0 Å². The smallest absolute Gasteiger partial charge is 0.316 e. The van der Waals surface area contributed by atoms with Gasteiger partial charge >= 0.3 is 11.9 Å². The Morgan fingerprint density at radius 3 is 1.44 bits per heavy atom. The van der Waals surface area contributed by atoms with Crippen molar-refractivity contribution in [3.8, 4) is 0 Å². The van der Waals surface area contributed by atoms with Gasteiger partial charge in [-0.3, -0.25) is 9.59 Å². The Labute approximate surface area is 127 Å². The number of alkyl halides is 4. The van der Waals surface area contributed by atoms with E-state index in [0.717, 1.165) is 0 Å². The average Bonchev–Trinajstić information content (AvgIpc) is 2.31. The van der Waals surface area contributed by atoms with E-state index in [0.29, 0.717) is 0 Å². The van der Waals surface area contributed by atoms with Crippen LogP contribution in [0, 0.1) is 0 Å². The van der Waals surface area contributed by atoms with Crippen molar-refractivity contribution in [2.75, 3.05) is 23.9 Å². The minimum absolute atomic E-state index is 0.112. The zero-order valence-corrected chi connectivity index (χ0v) is 14.5. The van der Waals surface area contributed by atoms with Crippen LogP contribution in [0.4, 0.5) is 0 Å². The van der Waals surface area contributed by atoms with Gasteiger partial charge in [-0.25, -0.2) is 0 Å². The van der Waals surface area contributed by atoms with Gasteiger partial charge in [0, 0.05) is 0 Å². The summed E-state index contributed by atoms with van der Waals surface area (Å²) >= 11 is 12.6. The van der Waals surface area contributed by atoms with E-state index in [1.165, 1.54) is 0 Å². The summed E-state index contributed by atoms with van der Waals surface area (Å²) in [5.41, 5.74) is 0. The van der Waals surface area contributed by atoms with Crippen LogP contribution >= 0.6 is 63.7 Å². The number of carbonyl (C=O) groups excluding carboxylic acids is 2. The SMILES string of the molecule is O=C(CBr)OCC(Br)C(Br)COC(=O)CBr. The number of rotatable bonds is 7. The van der Waals surface area contributed by atoms with Gasteiger partial charge in [0.15, 0.2) is 0 Å². The maximum absolute atomic E-state index is 10.9. The molecule has 0 rings (SSSR count). The van der Waals surface area contributed by atoms with Gasteiger partial charge in [0.25, 0.3) is 0 Å². The molecule has 0 amide bonds. The number of hydrogen-bond donors (Lipinski definition) is 0. The lowest BCUT2D eigenvalue weighted by Gasteiger charge is -2.16. The summed E-state index contributed by atoms with van der Waals surface area (Å²) in [6, 6.07) is 0. The van der Waals surface area contributed by atoms with E-state index in [-0.39, 0.29) is 45.5 Å². The number of hydrogen-bond acceptors (Lipinski definition) is 4. The van der Waals surface area contributed by atoms with Crippen LogP contribution in [0.1, 0.15) is 0 Å². The zero-order chi connectivity index (χ0) is 12.6. The van der Waals surface area contributed by atoms with Gasteiger partial charge in [0.1, 0.15) is 23.9 Å². The van der Waals surface area contributed by atoms with Gasteiger partial charge in [-0.1, -0.05) is 63.7 Å². The molecule has 0 aliphatic rings. The normalized spacial score (nSPS) is 14.0. The van der Waals surface area contributed by atoms with E-state index >= 15 is 0 Å². The van der Waals surface area contributed by atoms with Crippen LogP contribution in [0.2, 0.25) is 0 Å². The second-order valence-electron chi connectivity index (χ2n) is 2.67. The van der Waals surface area contributed by atoms with Crippen molar-refractivity contribution >= 4 is 75.7 Å². The third-order valence-corrected chi connectivity index (χ3v) is 4.85. The fourth-order valence-corrected chi connectivity index (χ4v) is 1.52. The van der Waals surface area contributed by atoms with Gasteiger partial charge < -0.3 is 9.47 Å². The van der Waals surface area contributed by atoms with Crippen molar-refractivity contribution in [2.45, 2.75) is 9.65 Å². The molecule has 0 spiro atoms. The Morgan fingerprint density at radius 1 is 0.875 bits per heavy atom. The molecule has 0 aromatic carbocycles. The maximum Gasteiger partial charge on any atom is 0.316 e. The summed E-state index contributed by atoms with van der Waals surface area (Å²) < 4.78 is 9.79. The molecule has 0 aliphatic carbocycles. The zero-order valence-electron chi connectivity index (χ0n) is 8.13. The summed E-state index contributed by atoms with van der Waals surface area (Å²) in [4.78, 5) is 21.5. The maximum atomic E-state index is 10.9. The Balaban J connectivity index is 3.76. The summed E-state index contributed by atoms with van der Waals surface area (Å²) in [5.74, 6) is -0.664. The largest absolute Gasteiger partial charge is 0.464 e. The van der Waals surface area contributed by atoms with Crippen molar-refractivity contribution in [2.24, 2.45) is 0 Å². The first-order valence-corrected chi connectivity index (χ1v) is 8.30. The van der Waals surface area contributed by atoms with Crippen molar-refractivity contribution < 1.29 is 19.1 Å². The molecule has 0 bridgehead atoms. The van der Waals surface area contributed by atoms with Crippen LogP contribution in [0.5, 0.6) is 0 Å². The second kappa shape index (κ2) is 9.85. The Kier molecular flexibility index (Phi) is 10.4. The molecule has 0 aromatic heterocycles. The molecule has 0 aliphatic heterocycles. The molecule has 0 fully saturated rings. The molecule has 8 heteroatoms. The lowest BCUT2D eigenvalue weighted by molar-refractivity contribution is -0.142. The van der Waals surface area contributed by atoms with E-state index in [4.69, 9.17) is 9.47 Å². The number of carbonyl (C=O) groups is 2. The topological polar surface area (TPSA) is 52.6 Å². The van der Waals surface area contributed by atoms with Gasteiger partial charge in [0.05, 0.1) is 9.65 Å². The van der Waals surface area contributed by atoms with E-state index in [2.05, 4.69) is 63.7 Å². The molecule has 0 heterocycles. The molecule has 16 heavy (non-hydrogen) atoms. The lowest BCUT2D eigenvalue weighted by Crippen LogP contribution is -2.27. The molecule has 0 saturated heterocycles. The molecule has 2 atom stereocenters. The average molecular weight is 490 g/mol. The Bertz CT molecular complexity index is 212. The molecular formula is C8H10Br4O4. The molecular weight excluding hydrogens is 480 g/mol. The summed E-state index contributed by atoms with van der Waals surface area (Å²) in [5, 5.41) is 0.330. The highest BCUT2D eigenvalue weighted by molar-refractivity contribution is 9.12. The minimum Gasteiger partial charge on any atom is -0.464 e. The highest BCUT2D eigenvalue weighted by Crippen LogP contribution is 2.15. The molecule has 0 radical (unpaired) electrons. The molecule has 0 aromatic rings. The Morgan fingerprint density at radius 2 is 1.19 bits per heavy atom. The monoisotopic (exact) mass is 486 g/mol. The fraction of sp³-hybridized carbons (Fsp3) is 0.750. The van der Waals surface area contributed by atoms with Crippen LogP contribution in [-0.4, -0.2) is 45.5 Å². The van der Waals surface area contributed by atoms with Crippen molar-refractivity contribution in [1.29, 1.82) is 0 Å². The molecule has 2 unspecified atom stereocenters. The minimum atomic E-state index is -0.332. The number of halogens is 4. The van der Waals surface area contributed by atoms with Gasteiger partial charge in [0.2, 0.25) is 0 Å². The highest BCUT2D eigenvalue weighted by Gasteiger charge is 2.19. The van der Waals surface area contributed by atoms with Gasteiger partial charge in [-0.2, -0.15) is 0 Å². The fourth-order valence-electron chi connectivity index (χ4n) is 0.631. The standard InChI is InChI=1S/C8H10Br4O4/c9-1-7(13)15-3-5(11)6(12)4-16-8(14)2-10/h5-6H,1-4H2. The summed E-state index contributed by atoms with van der Waals surface area (Å²) in [6.45, 7) is 0.429. The van der Waals surface area contributed by atoms with Crippen LogP contribution in [0.3, 0.4) is 0 Å². The quantitative estimate of drug-likeness (QED) is 0.407. The third kappa shape index (κ3) is 8.03. The number of ether oxygens (including phenoxy) is 2. The highest BCUT2D eigenvalue weighted by atomic mass is 79.9. The molecule has 94 valence electrons. The number of esters is 2. The Hall–Kier alpha value is 0.860. The van der Waals surface area contributed by atoms with E-state index in [1.54, 1.807) is 0 Å². The van der Waals surface area contributed by atoms with Crippen LogP contribution in [0.25, 0.3) is 0 Å². The molecule has 4 nitrogen and oxygen atoms in total. The van der Waals surface area contributed by atoms with E-state index < -0.39 is 0 Å². The van der Waals surface area contributed by atoms with Crippen molar-refractivity contribution in [1.82, 2.24) is 0 Å². The van der Waals surface area contributed by atoms with Crippen molar-refractivity contribution in [3.05, 3.63) is 0 Å². The second-order valence-corrected chi connectivity index (χ2v) is 6.14. The van der Waals surface area contributed by atoms with E-state index in [9.17, 15) is 9.59 Å². The first-order chi connectivity index (χ1) is 7.51. The first-order valence-electron chi connectivity index (χ1n) is 4.22. The van der Waals surface area contributed by atoms with Crippen LogP contribution < -0.4 is 0 Å².